The second-order valence-electron chi connectivity index (χ2n) is 7.55. The van der Waals surface area contributed by atoms with Gasteiger partial charge in [-0.1, -0.05) is 36.4 Å². The van der Waals surface area contributed by atoms with Gasteiger partial charge in [0.05, 0.1) is 16.2 Å². The third kappa shape index (κ3) is 4.81. The average molecular weight is 529 g/mol. The molecule has 4 aromatic rings. The molecular weight excluding hydrogens is 512 g/mol. The monoisotopic (exact) mass is 528 g/mol. The topological polar surface area (TPSA) is 181 Å². The number of amides is 1. The Kier molecular flexibility index (Phi) is 6.32. The summed E-state index contributed by atoms with van der Waals surface area (Å²) in [5.41, 5.74) is 0.680. The van der Waals surface area contributed by atoms with Crippen LogP contribution >= 0.6 is 0 Å². The van der Waals surface area contributed by atoms with Gasteiger partial charge in [-0.2, -0.15) is 16.8 Å². The predicted molar refractivity (Wildman–Crippen MR) is 130 cm³/mol. The first-order valence-electron chi connectivity index (χ1n) is 10.0. The molecule has 13 heteroatoms. The standard InChI is InChI=1S/C23H16N2O9S2/c26-23(15-10-8-14(9-11-15)16-4-1-2-6-19(16)25(27)28)24-18-12-13-20(35(29,30)31)17-5-3-7-21(22(17)18)36(32,33)34/h1-13H,(H,24,26)(H,29,30,31)(H,32,33,34). The van der Waals surface area contributed by atoms with E-state index in [1.165, 1.54) is 48.5 Å². The second-order valence-corrected chi connectivity index (χ2v) is 10.3. The molecule has 184 valence electrons. The number of fused-ring (bicyclic) bond motifs is 1. The van der Waals surface area contributed by atoms with E-state index in [4.69, 9.17) is 0 Å². The van der Waals surface area contributed by atoms with E-state index in [0.717, 1.165) is 18.2 Å². The Morgan fingerprint density at radius 2 is 1.42 bits per heavy atom. The van der Waals surface area contributed by atoms with Gasteiger partial charge in [0.25, 0.3) is 31.8 Å². The highest BCUT2D eigenvalue weighted by atomic mass is 32.2. The molecule has 0 saturated heterocycles. The molecule has 36 heavy (non-hydrogen) atoms. The van der Waals surface area contributed by atoms with Gasteiger partial charge in [0, 0.05) is 22.4 Å². The summed E-state index contributed by atoms with van der Waals surface area (Å²) in [5.74, 6) is -0.713. The minimum Gasteiger partial charge on any atom is -0.321 e. The number of anilines is 1. The van der Waals surface area contributed by atoms with E-state index in [2.05, 4.69) is 5.32 Å². The van der Waals surface area contributed by atoms with Gasteiger partial charge in [-0.05, 0) is 42.0 Å². The highest BCUT2D eigenvalue weighted by Gasteiger charge is 2.23. The van der Waals surface area contributed by atoms with Crippen molar-refractivity contribution in [1.82, 2.24) is 0 Å². The Labute approximate surface area is 204 Å². The van der Waals surface area contributed by atoms with Crippen LogP contribution in [0, 0.1) is 10.1 Å². The van der Waals surface area contributed by atoms with Crippen LogP contribution in [0.2, 0.25) is 0 Å². The highest BCUT2D eigenvalue weighted by Crippen LogP contribution is 2.35. The van der Waals surface area contributed by atoms with Crippen LogP contribution in [0.25, 0.3) is 21.9 Å². The summed E-state index contributed by atoms with van der Waals surface area (Å²) in [4.78, 5) is 22.4. The van der Waals surface area contributed by atoms with Crippen molar-refractivity contribution in [2.24, 2.45) is 0 Å². The minimum atomic E-state index is -4.84. The van der Waals surface area contributed by atoms with Crippen molar-refractivity contribution in [3.63, 3.8) is 0 Å². The second kappa shape index (κ2) is 9.13. The van der Waals surface area contributed by atoms with Crippen LogP contribution in [0.5, 0.6) is 0 Å². The number of nitro benzene ring substituents is 1. The molecule has 0 radical (unpaired) electrons. The summed E-state index contributed by atoms with van der Waals surface area (Å²) in [6.07, 6.45) is 0. The van der Waals surface area contributed by atoms with Crippen LogP contribution in [-0.2, 0) is 20.2 Å². The van der Waals surface area contributed by atoms with E-state index in [1.54, 1.807) is 12.1 Å². The Hall–Kier alpha value is -4.17. The van der Waals surface area contributed by atoms with E-state index in [-0.39, 0.29) is 27.7 Å². The number of carbonyl (C=O) groups is 1. The lowest BCUT2D eigenvalue weighted by Gasteiger charge is -2.14. The van der Waals surface area contributed by atoms with Crippen molar-refractivity contribution in [3.05, 3.63) is 94.5 Å². The predicted octanol–water partition coefficient (Wildman–Crippen LogP) is 4.16. The van der Waals surface area contributed by atoms with Crippen LogP contribution in [-0.4, -0.2) is 36.8 Å². The molecular formula is C23H16N2O9S2. The molecule has 0 unspecified atom stereocenters. The first-order chi connectivity index (χ1) is 16.9. The fourth-order valence-electron chi connectivity index (χ4n) is 3.76. The lowest BCUT2D eigenvalue weighted by atomic mass is 10.0. The summed E-state index contributed by atoms with van der Waals surface area (Å²) in [6.45, 7) is 0. The van der Waals surface area contributed by atoms with Gasteiger partial charge >= 0.3 is 0 Å². The van der Waals surface area contributed by atoms with Crippen molar-refractivity contribution in [2.75, 3.05) is 5.32 Å². The maximum Gasteiger partial charge on any atom is 0.295 e. The van der Waals surface area contributed by atoms with Crippen molar-refractivity contribution in [2.45, 2.75) is 9.79 Å². The molecule has 0 aromatic heterocycles. The Morgan fingerprint density at radius 1 is 0.778 bits per heavy atom. The smallest absolute Gasteiger partial charge is 0.295 e. The number of rotatable bonds is 6. The van der Waals surface area contributed by atoms with E-state index in [1.807, 2.05) is 0 Å². The van der Waals surface area contributed by atoms with Gasteiger partial charge in [-0.15, -0.1) is 0 Å². The van der Waals surface area contributed by atoms with Crippen molar-refractivity contribution in [3.8, 4) is 11.1 Å². The molecule has 0 atom stereocenters. The molecule has 0 heterocycles. The van der Waals surface area contributed by atoms with Crippen molar-refractivity contribution < 1.29 is 35.7 Å². The zero-order chi connectivity index (χ0) is 26.3. The molecule has 0 bridgehead atoms. The van der Waals surface area contributed by atoms with Crippen LogP contribution in [0.3, 0.4) is 0 Å². The molecule has 0 aliphatic rings. The molecule has 0 aliphatic heterocycles. The summed E-state index contributed by atoms with van der Waals surface area (Å²) in [7, 11) is -9.61. The van der Waals surface area contributed by atoms with Crippen LogP contribution in [0.1, 0.15) is 10.4 Å². The van der Waals surface area contributed by atoms with E-state index in [0.29, 0.717) is 11.1 Å². The quantitative estimate of drug-likeness (QED) is 0.188. The van der Waals surface area contributed by atoms with Crippen molar-refractivity contribution >= 4 is 48.3 Å². The number of hydrogen-bond acceptors (Lipinski definition) is 7. The first kappa shape index (κ1) is 24.9. The summed E-state index contributed by atoms with van der Waals surface area (Å²) < 4.78 is 66.7. The van der Waals surface area contributed by atoms with Gasteiger partial charge in [0.2, 0.25) is 0 Å². The van der Waals surface area contributed by atoms with Crippen LogP contribution < -0.4 is 5.32 Å². The lowest BCUT2D eigenvalue weighted by Crippen LogP contribution is -2.13. The third-order valence-corrected chi connectivity index (χ3v) is 7.13. The molecule has 0 spiro atoms. The molecule has 4 rings (SSSR count). The van der Waals surface area contributed by atoms with E-state index in [9.17, 15) is 40.8 Å². The van der Waals surface area contributed by atoms with Gasteiger partial charge in [-0.25, -0.2) is 0 Å². The summed E-state index contributed by atoms with van der Waals surface area (Å²) in [6, 6.07) is 17.4. The zero-order valence-corrected chi connectivity index (χ0v) is 19.7. The molecule has 0 fully saturated rings. The fourth-order valence-corrected chi connectivity index (χ4v) is 5.18. The number of hydrogen-bond donors (Lipinski definition) is 3. The van der Waals surface area contributed by atoms with Crippen LogP contribution in [0.4, 0.5) is 11.4 Å². The molecule has 0 aliphatic carbocycles. The van der Waals surface area contributed by atoms with Gasteiger partial charge in [0.15, 0.2) is 0 Å². The molecule has 1 amide bonds. The first-order valence-corrected chi connectivity index (χ1v) is 12.9. The lowest BCUT2D eigenvalue weighted by molar-refractivity contribution is -0.384. The van der Waals surface area contributed by atoms with E-state index < -0.39 is 40.9 Å². The number of carbonyl (C=O) groups excluding carboxylic acids is 1. The highest BCUT2D eigenvalue weighted by molar-refractivity contribution is 7.86. The number of para-hydroxylation sites is 1. The Bertz CT molecular complexity index is 1750. The largest absolute Gasteiger partial charge is 0.321 e. The third-order valence-electron chi connectivity index (χ3n) is 5.33. The Morgan fingerprint density at radius 3 is 2.03 bits per heavy atom. The SMILES string of the molecule is O=C(Nc1ccc(S(=O)(=O)O)c2cccc(S(=O)(=O)O)c12)c1ccc(-c2ccccc2[N+](=O)[O-])cc1. The van der Waals surface area contributed by atoms with Crippen LogP contribution in [0.15, 0.2) is 88.7 Å². The Balaban J connectivity index is 1.77. The van der Waals surface area contributed by atoms with Gasteiger partial charge < -0.3 is 5.32 Å². The zero-order valence-electron chi connectivity index (χ0n) is 18.0. The number of benzene rings is 4. The van der Waals surface area contributed by atoms with E-state index >= 15 is 0 Å². The van der Waals surface area contributed by atoms with Gasteiger partial charge in [-0.3, -0.25) is 24.0 Å². The maximum atomic E-state index is 12.9. The minimum absolute atomic E-state index is 0.105. The number of nitro groups is 1. The fraction of sp³-hybridized carbons (Fsp3) is 0. The normalized spacial score (nSPS) is 11.8. The summed E-state index contributed by atoms with van der Waals surface area (Å²) in [5, 5.41) is 13.2. The molecule has 4 aromatic carbocycles. The number of nitrogens with one attached hydrogen (secondary N) is 1. The van der Waals surface area contributed by atoms with Gasteiger partial charge in [0.1, 0.15) is 9.79 Å². The summed E-state index contributed by atoms with van der Waals surface area (Å²) >= 11 is 0. The molecule has 3 N–H and O–H groups in total. The number of nitrogens with zero attached hydrogens (tertiary/aromatic N) is 1. The van der Waals surface area contributed by atoms with Crippen molar-refractivity contribution in [1.29, 1.82) is 0 Å². The molecule has 11 nitrogen and oxygen atoms in total. The maximum absolute atomic E-state index is 12.9. The average Bonchev–Trinajstić information content (AvgIpc) is 2.82. The molecule has 0 saturated carbocycles.